The van der Waals surface area contributed by atoms with Gasteiger partial charge in [0.1, 0.15) is 34.8 Å². The van der Waals surface area contributed by atoms with Crippen molar-refractivity contribution in [2.24, 2.45) is 0 Å². The molecule has 6 aromatic rings. The number of benzene rings is 3. The van der Waals surface area contributed by atoms with Gasteiger partial charge in [0.05, 0.1) is 43.3 Å². The fourth-order valence-electron chi connectivity index (χ4n) is 8.10. The number of methoxy groups -OCH3 is 1. The van der Waals surface area contributed by atoms with Crippen LogP contribution in [0, 0.1) is 12.7 Å². The lowest BCUT2D eigenvalue weighted by Gasteiger charge is -2.43. The van der Waals surface area contributed by atoms with Crippen LogP contribution in [0.3, 0.4) is 0 Å². The molecule has 1 aliphatic heterocycles. The van der Waals surface area contributed by atoms with Crippen LogP contribution >= 0.6 is 11.3 Å². The lowest BCUT2D eigenvalue weighted by atomic mass is 10.0. The van der Waals surface area contributed by atoms with Crippen LogP contribution in [0.5, 0.6) is 5.75 Å². The number of aryl methyl sites for hydroxylation is 1. The summed E-state index contributed by atoms with van der Waals surface area (Å²) in [6.45, 7) is 8.99. The van der Waals surface area contributed by atoms with Crippen LogP contribution in [0.25, 0.3) is 21.0 Å². The van der Waals surface area contributed by atoms with E-state index in [0.29, 0.717) is 51.9 Å². The van der Waals surface area contributed by atoms with Crippen molar-refractivity contribution in [3.63, 3.8) is 0 Å². The Kier molecular flexibility index (Phi) is 11.5. The molecule has 1 amide bonds. The molecule has 1 unspecified atom stereocenters. The molecule has 2 atom stereocenters. The van der Waals surface area contributed by atoms with Gasteiger partial charge in [-0.1, -0.05) is 81.4 Å². The number of hydrogen-bond acceptors (Lipinski definition) is 9. The molecule has 11 nitrogen and oxygen atoms in total. The summed E-state index contributed by atoms with van der Waals surface area (Å²) in [4.78, 5) is 49.5. The van der Waals surface area contributed by atoms with E-state index in [1.165, 1.54) is 53.7 Å². The molecule has 0 aliphatic carbocycles. The predicted octanol–water partition coefficient (Wildman–Crippen LogP) is 6.46. The predicted molar refractivity (Wildman–Crippen MR) is 222 cm³/mol. The van der Waals surface area contributed by atoms with Gasteiger partial charge in [0, 0.05) is 19.2 Å². The maximum Gasteiger partial charge on any atom is 0.332 e. The molecule has 1 fully saturated rings. The Morgan fingerprint density at radius 1 is 1.00 bits per heavy atom. The molecule has 3 aromatic carbocycles. The van der Waals surface area contributed by atoms with Crippen molar-refractivity contribution in [1.29, 1.82) is 0 Å². The van der Waals surface area contributed by atoms with Gasteiger partial charge in [0.15, 0.2) is 0 Å². The summed E-state index contributed by atoms with van der Waals surface area (Å²) in [5, 5.41) is 2.21. The highest BCUT2D eigenvalue weighted by Gasteiger charge is 2.50. The number of carbonyl (C=O) groups excluding carboxylic acids is 1. The summed E-state index contributed by atoms with van der Waals surface area (Å²) in [6, 6.07) is 23.7. The van der Waals surface area contributed by atoms with Crippen molar-refractivity contribution in [3.8, 4) is 16.5 Å². The molecule has 1 saturated heterocycles. The van der Waals surface area contributed by atoms with Gasteiger partial charge in [-0.3, -0.25) is 14.2 Å². The van der Waals surface area contributed by atoms with Gasteiger partial charge in [-0.05, 0) is 58.9 Å². The average molecular weight is 811 g/mol. The highest BCUT2D eigenvalue weighted by molar-refractivity contribution is 7.22. The molecule has 0 radical (unpaired) electrons. The summed E-state index contributed by atoms with van der Waals surface area (Å²) in [7, 11) is 0.227. The Morgan fingerprint density at radius 2 is 1.68 bits per heavy atom. The number of nitrogens with zero attached hydrogens (tertiary/aromatic N) is 4. The third-order valence-electron chi connectivity index (χ3n) is 10.8. The van der Waals surface area contributed by atoms with E-state index < -0.39 is 37.5 Å². The van der Waals surface area contributed by atoms with Gasteiger partial charge in [0.25, 0.3) is 13.9 Å². The van der Waals surface area contributed by atoms with Gasteiger partial charge in [-0.2, -0.15) is 0 Å². The molecule has 0 saturated carbocycles. The number of aromatic nitrogens is 3. The van der Waals surface area contributed by atoms with Crippen molar-refractivity contribution in [1.82, 2.24) is 19.0 Å². The summed E-state index contributed by atoms with van der Waals surface area (Å²) >= 11 is 1.19. The number of amides is 1. The molecule has 0 bridgehead atoms. The second-order valence-corrected chi connectivity index (χ2v) is 20.6. The fourth-order valence-corrected chi connectivity index (χ4v) is 13.9. The number of carbonyl (C=O) groups is 1. The molecule has 1 aliphatic rings. The third-order valence-corrected chi connectivity index (χ3v) is 17.2. The Bertz CT molecular complexity index is 2440. The Labute approximate surface area is 335 Å². The Hall–Kier alpha value is -5.15. The standard InChI is InChI=1S/C43H47FN4O7SSi/c1-28-36-40(50)48(33-18-13-22-46(5)39(33)49)42(51)47(41(36)56-37(28)38-45-21-23-54-38)27-35(32-26-29(44)19-20-34(32)52-6)53-24-25-55-57(43(2,3)4,30-14-9-7-10-15-30)31-16-11-8-12-17-31/h7-12,14-17,19-21,23,26,33,35H,13,18,22,24-25,27H2,1-6H3/t33?,35-/m0/s1. The molecule has 0 spiro atoms. The fraction of sp³-hybridized carbons (Fsp3) is 0.349. The van der Waals surface area contributed by atoms with Gasteiger partial charge in [0.2, 0.25) is 11.8 Å². The van der Waals surface area contributed by atoms with Crippen LogP contribution in [0.4, 0.5) is 4.39 Å². The Morgan fingerprint density at radius 3 is 2.30 bits per heavy atom. The monoisotopic (exact) mass is 810 g/mol. The second-order valence-electron chi connectivity index (χ2n) is 15.3. The number of likely N-dealkylation sites (tertiary alicyclic amines) is 1. The first-order chi connectivity index (χ1) is 27.4. The van der Waals surface area contributed by atoms with Crippen molar-refractivity contribution in [2.45, 2.75) is 64.3 Å². The van der Waals surface area contributed by atoms with Gasteiger partial charge >= 0.3 is 5.69 Å². The van der Waals surface area contributed by atoms with Gasteiger partial charge in [-0.15, -0.1) is 11.3 Å². The minimum Gasteiger partial charge on any atom is -0.496 e. The molecular formula is C43H47FN4O7SSi. The first kappa shape index (κ1) is 40.1. The zero-order valence-electron chi connectivity index (χ0n) is 33.0. The molecule has 3 aromatic heterocycles. The van der Waals surface area contributed by atoms with E-state index in [4.69, 9.17) is 18.3 Å². The largest absolute Gasteiger partial charge is 0.496 e. The number of hydrogen-bond donors (Lipinski definition) is 0. The number of likely N-dealkylation sites (N-methyl/N-ethyl adjacent to an activating group) is 1. The average Bonchev–Trinajstić information content (AvgIpc) is 3.86. The van der Waals surface area contributed by atoms with Crippen LogP contribution in [0.15, 0.2) is 105 Å². The number of piperidine rings is 1. The molecule has 298 valence electrons. The van der Waals surface area contributed by atoms with Crippen molar-refractivity contribution >= 4 is 46.2 Å². The molecule has 4 heterocycles. The first-order valence-electron chi connectivity index (χ1n) is 19.0. The van der Waals surface area contributed by atoms with Crippen LogP contribution in [-0.2, 0) is 20.5 Å². The lowest BCUT2D eigenvalue weighted by molar-refractivity contribution is -0.136. The number of thiophene rings is 1. The number of halogens is 1. The zero-order valence-corrected chi connectivity index (χ0v) is 34.8. The van der Waals surface area contributed by atoms with Crippen molar-refractivity contribution in [2.75, 3.05) is 33.9 Å². The summed E-state index contributed by atoms with van der Waals surface area (Å²) in [6.07, 6.45) is 2.95. The van der Waals surface area contributed by atoms with E-state index in [-0.39, 0.29) is 36.1 Å². The second kappa shape index (κ2) is 16.4. The number of fused-ring (bicyclic) bond motifs is 1. The van der Waals surface area contributed by atoms with Crippen molar-refractivity contribution < 1.29 is 27.5 Å². The minimum absolute atomic E-state index is 0.0727. The first-order valence-corrected chi connectivity index (χ1v) is 21.7. The van der Waals surface area contributed by atoms with E-state index in [1.807, 2.05) is 36.4 Å². The smallest absolute Gasteiger partial charge is 0.332 e. The van der Waals surface area contributed by atoms with E-state index in [9.17, 15) is 14.4 Å². The highest BCUT2D eigenvalue weighted by atomic mass is 32.1. The normalized spacial score (nSPS) is 15.7. The lowest BCUT2D eigenvalue weighted by Crippen LogP contribution is -2.66. The van der Waals surface area contributed by atoms with Gasteiger partial charge < -0.3 is 23.2 Å². The molecule has 0 N–H and O–H groups in total. The number of oxazole rings is 1. The molecule has 14 heteroatoms. The molecular weight excluding hydrogens is 764 g/mol. The quantitative estimate of drug-likeness (QED) is 0.0964. The number of rotatable bonds is 13. The van der Waals surface area contributed by atoms with E-state index in [1.54, 1.807) is 18.9 Å². The van der Waals surface area contributed by atoms with E-state index in [0.717, 1.165) is 14.9 Å². The highest BCUT2D eigenvalue weighted by Crippen LogP contribution is 2.39. The van der Waals surface area contributed by atoms with Crippen LogP contribution in [0.2, 0.25) is 5.04 Å². The van der Waals surface area contributed by atoms with Crippen LogP contribution in [-0.4, -0.2) is 67.2 Å². The van der Waals surface area contributed by atoms with Crippen LogP contribution in [0.1, 0.15) is 56.9 Å². The summed E-state index contributed by atoms with van der Waals surface area (Å²) in [5.41, 5.74) is -0.295. The summed E-state index contributed by atoms with van der Waals surface area (Å²) < 4.78 is 42.8. The van der Waals surface area contributed by atoms with Crippen molar-refractivity contribution in [3.05, 3.63) is 129 Å². The number of ether oxygens (including phenoxy) is 2. The van der Waals surface area contributed by atoms with Gasteiger partial charge in [-0.25, -0.2) is 18.7 Å². The Balaban J connectivity index is 1.33. The summed E-state index contributed by atoms with van der Waals surface area (Å²) in [5.74, 6) is -0.169. The SMILES string of the molecule is COc1ccc(F)cc1[C@H](Cn1c(=O)n(C2CCCN(C)C2=O)c(=O)c2c(C)c(-c3ncco3)sc21)OCCO[Si](c1ccccc1)(c1ccccc1)C(C)(C)C. The maximum atomic E-state index is 15.1. The van der Waals surface area contributed by atoms with E-state index in [2.05, 4.69) is 50.0 Å². The maximum absolute atomic E-state index is 15.1. The van der Waals surface area contributed by atoms with E-state index >= 15 is 4.39 Å². The molecule has 57 heavy (non-hydrogen) atoms. The minimum atomic E-state index is -2.93. The molecule has 7 rings (SSSR count). The third kappa shape index (κ3) is 7.42. The zero-order chi connectivity index (χ0) is 40.5. The van der Waals surface area contributed by atoms with Crippen LogP contribution < -0.4 is 26.4 Å². The topological polar surface area (TPSA) is 118 Å².